The van der Waals surface area contributed by atoms with E-state index in [1.54, 1.807) is 36.4 Å². The van der Waals surface area contributed by atoms with Crippen LogP contribution in [0.5, 0.6) is 11.5 Å². The first kappa shape index (κ1) is 32.5. The Morgan fingerprint density at radius 1 is 1.04 bits per heavy atom. The Morgan fingerprint density at radius 3 is 2.46 bits per heavy atom. The van der Waals surface area contributed by atoms with Crippen LogP contribution in [0.3, 0.4) is 0 Å². The van der Waals surface area contributed by atoms with Crippen LogP contribution in [0.25, 0.3) is 22.2 Å². The number of pyridine rings is 1. The van der Waals surface area contributed by atoms with Gasteiger partial charge in [0.05, 0.1) is 44.6 Å². The number of carbonyl (C=O) groups is 1. The number of aromatic nitrogens is 3. The van der Waals surface area contributed by atoms with Gasteiger partial charge >= 0.3 is 6.29 Å². The molecule has 3 heterocycles. The van der Waals surface area contributed by atoms with Crippen molar-refractivity contribution >= 4 is 51.6 Å². The van der Waals surface area contributed by atoms with Crippen LogP contribution in [0.15, 0.2) is 66.9 Å². The van der Waals surface area contributed by atoms with Crippen molar-refractivity contribution < 1.29 is 33.3 Å². The van der Waals surface area contributed by atoms with Gasteiger partial charge in [-0.15, -0.1) is 8.78 Å². The minimum Gasteiger partial charge on any atom is -0.395 e. The zero-order valence-electron chi connectivity index (χ0n) is 25.4. The van der Waals surface area contributed by atoms with Crippen LogP contribution in [0.4, 0.5) is 8.78 Å². The van der Waals surface area contributed by atoms with E-state index in [1.165, 1.54) is 38.1 Å². The van der Waals surface area contributed by atoms with Crippen LogP contribution in [0.1, 0.15) is 59.9 Å². The summed E-state index contributed by atoms with van der Waals surface area (Å²) in [5.74, 6) is -1.23. The smallest absolute Gasteiger partial charge is 0.395 e. The highest BCUT2D eigenvalue weighted by Gasteiger charge is 2.45. The van der Waals surface area contributed by atoms with Gasteiger partial charge in [0, 0.05) is 28.3 Å². The summed E-state index contributed by atoms with van der Waals surface area (Å²) in [5, 5.41) is 31.7. The molecule has 1 aliphatic heterocycles. The van der Waals surface area contributed by atoms with Crippen LogP contribution in [-0.2, 0) is 11.2 Å². The second-order valence-corrected chi connectivity index (χ2v) is 13.5. The lowest BCUT2D eigenvalue weighted by molar-refractivity contribution is -0.286. The number of hydrogen-bond donors (Lipinski definition) is 3. The lowest BCUT2D eigenvalue weighted by atomic mass is 9.86. The van der Waals surface area contributed by atoms with Crippen LogP contribution >= 0.6 is 34.8 Å². The second-order valence-electron chi connectivity index (χ2n) is 12.3. The van der Waals surface area contributed by atoms with Gasteiger partial charge in [0.15, 0.2) is 11.5 Å². The molecule has 1 saturated carbocycles. The number of carbonyl (C=O) groups excluding carboxylic acids is 1. The van der Waals surface area contributed by atoms with Crippen molar-refractivity contribution in [3.63, 3.8) is 0 Å². The van der Waals surface area contributed by atoms with E-state index in [1.807, 2.05) is 10.9 Å². The summed E-state index contributed by atoms with van der Waals surface area (Å²) in [6.45, 7) is 2.59. The molecular formula is C34H27Cl3F2N4O5. The summed E-state index contributed by atoms with van der Waals surface area (Å²) in [6, 6.07) is 16.0. The number of alkyl halides is 2. The molecule has 1 atom stereocenters. The van der Waals surface area contributed by atoms with Crippen LogP contribution in [0.2, 0.25) is 15.1 Å². The van der Waals surface area contributed by atoms with Gasteiger partial charge in [0.25, 0.3) is 5.91 Å². The maximum atomic E-state index is 13.9. The van der Waals surface area contributed by atoms with Crippen molar-refractivity contribution in [2.45, 2.75) is 50.2 Å². The van der Waals surface area contributed by atoms with Crippen molar-refractivity contribution in [1.29, 1.82) is 0 Å². The summed E-state index contributed by atoms with van der Waals surface area (Å²) in [7, 11) is 0. The van der Waals surface area contributed by atoms with E-state index in [4.69, 9.17) is 34.8 Å². The minimum absolute atomic E-state index is 0.0243. The number of halogens is 5. The highest BCUT2D eigenvalue weighted by atomic mass is 35.5. The Labute approximate surface area is 288 Å². The maximum absolute atomic E-state index is 13.9. The number of amides is 1. The molecule has 14 heteroatoms. The van der Waals surface area contributed by atoms with Crippen molar-refractivity contribution in [3.05, 3.63) is 104 Å². The molecule has 3 aromatic carbocycles. The van der Waals surface area contributed by atoms with E-state index in [2.05, 4.69) is 24.9 Å². The van der Waals surface area contributed by atoms with E-state index in [9.17, 15) is 23.8 Å². The predicted molar refractivity (Wildman–Crippen MR) is 176 cm³/mol. The molecule has 2 aliphatic rings. The molecule has 3 N–H and O–H groups in total. The van der Waals surface area contributed by atoms with Gasteiger partial charge < -0.3 is 25.0 Å². The van der Waals surface area contributed by atoms with Crippen LogP contribution in [-0.4, -0.2) is 43.7 Å². The Hall–Kier alpha value is -4.00. The predicted octanol–water partition coefficient (Wildman–Crippen LogP) is 7.61. The topological polar surface area (TPSA) is 119 Å². The number of nitrogens with zero attached hydrogens (tertiary/aromatic N) is 3. The Morgan fingerprint density at radius 2 is 1.77 bits per heavy atom. The number of nitrogens with one attached hydrogen (secondary N) is 1. The molecule has 1 aliphatic carbocycles. The third-order valence-corrected chi connectivity index (χ3v) is 9.37. The fourth-order valence-corrected chi connectivity index (χ4v) is 6.64. The third kappa shape index (κ3) is 5.83. The number of rotatable bonds is 8. The number of benzene rings is 3. The maximum Gasteiger partial charge on any atom is 0.586 e. The van der Waals surface area contributed by atoms with Gasteiger partial charge in [0.2, 0.25) is 0 Å². The monoisotopic (exact) mass is 714 g/mol. The molecular weight excluding hydrogens is 689 g/mol. The van der Waals surface area contributed by atoms with E-state index < -0.39 is 29.2 Å². The molecule has 48 heavy (non-hydrogen) atoms. The quantitative estimate of drug-likeness (QED) is 0.151. The molecule has 0 unspecified atom stereocenters. The first-order valence-corrected chi connectivity index (χ1v) is 16.0. The fourth-order valence-electron chi connectivity index (χ4n) is 5.66. The SMILES string of the molecule is CC(C)(O)c1cc([C@@](O)(CNC(=O)c2cc(Cl)c3nn(C4CC4)cc3c2)c2ccccc2)nc(-c2ccc3c(c2Cl)OC(F)(F)O3)c1Cl. The zero-order valence-corrected chi connectivity index (χ0v) is 27.7. The Bertz CT molecular complexity index is 2100. The number of aliphatic hydroxyl groups is 2. The zero-order chi connectivity index (χ0) is 34.2. The summed E-state index contributed by atoms with van der Waals surface area (Å²) in [6.07, 6.45) is -0.0112. The lowest BCUT2D eigenvalue weighted by Crippen LogP contribution is -2.42. The van der Waals surface area contributed by atoms with Crippen LogP contribution in [0, 0.1) is 0 Å². The largest absolute Gasteiger partial charge is 0.586 e. The molecule has 2 aromatic heterocycles. The summed E-state index contributed by atoms with van der Waals surface area (Å²) in [4.78, 5) is 18.3. The first-order valence-electron chi connectivity index (χ1n) is 14.9. The highest BCUT2D eigenvalue weighted by molar-refractivity contribution is 6.37. The average Bonchev–Trinajstić information content (AvgIpc) is 3.71. The normalized spacial score (nSPS) is 16.6. The first-order chi connectivity index (χ1) is 22.6. The van der Waals surface area contributed by atoms with E-state index in [-0.39, 0.29) is 50.4 Å². The molecule has 0 radical (unpaired) electrons. The molecule has 9 nitrogen and oxygen atoms in total. The molecule has 5 aromatic rings. The molecule has 248 valence electrons. The number of ether oxygens (including phenoxy) is 2. The third-order valence-electron chi connectivity index (χ3n) is 8.33. The van der Waals surface area contributed by atoms with Gasteiger partial charge in [0.1, 0.15) is 11.1 Å². The van der Waals surface area contributed by atoms with Gasteiger partial charge in [-0.1, -0.05) is 65.1 Å². The lowest BCUT2D eigenvalue weighted by Gasteiger charge is -2.31. The highest BCUT2D eigenvalue weighted by Crippen LogP contribution is 2.51. The molecule has 0 saturated heterocycles. The minimum atomic E-state index is -3.93. The van der Waals surface area contributed by atoms with E-state index in [0.29, 0.717) is 27.5 Å². The Kier molecular flexibility index (Phi) is 7.84. The fraction of sp³-hybridized carbons (Fsp3) is 0.265. The Balaban J connectivity index is 1.31. The van der Waals surface area contributed by atoms with E-state index >= 15 is 0 Å². The van der Waals surface area contributed by atoms with Gasteiger partial charge in [-0.05, 0) is 62.6 Å². The molecule has 0 spiro atoms. The van der Waals surface area contributed by atoms with Gasteiger partial charge in [-0.25, -0.2) is 4.98 Å². The molecule has 7 rings (SSSR count). The van der Waals surface area contributed by atoms with Crippen molar-refractivity contribution in [3.8, 4) is 22.8 Å². The number of fused-ring (bicyclic) bond motifs is 2. The summed E-state index contributed by atoms with van der Waals surface area (Å²) in [5.41, 5.74) is -2.23. The molecule has 1 amide bonds. The van der Waals surface area contributed by atoms with Crippen molar-refractivity contribution in [2.24, 2.45) is 0 Å². The number of hydrogen-bond acceptors (Lipinski definition) is 7. The summed E-state index contributed by atoms with van der Waals surface area (Å²) >= 11 is 19.9. The second kappa shape index (κ2) is 11.6. The van der Waals surface area contributed by atoms with Gasteiger partial charge in [-0.2, -0.15) is 5.10 Å². The van der Waals surface area contributed by atoms with Gasteiger partial charge in [-0.3, -0.25) is 9.48 Å². The van der Waals surface area contributed by atoms with Crippen molar-refractivity contribution in [1.82, 2.24) is 20.1 Å². The van der Waals surface area contributed by atoms with Crippen LogP contribution < -0.4 is 14.8 Å². The van der Waals surface area contributed by atoms with E-state index in [0.717, 1.165) is 12.8 Å². The molecule has 0 bridgehead atoms. The standard InChI is InChI=1S/C34H27Cl3F2N4O5/c1-32(2,45)22-14-25(41-29(27(22)37)21-10-11-24-30(26(21)36)48-34(38,39)47-24)33(46,19-6-4-3-5-7-19)16-40-31(44)17-12-18-15-43(20-8-9-20)42-28(18)23(35)13-17/h3-7,10-15,20,45-46H,8-9,16H2,1-2H3,(H,40,44)/t33-/m1/s1. The average molecular weight is 716 g/mol. The summed E-state index contributed by atoms with van der Waals surface area (Å²) < 4.78 is 38.8. The van der Waals surface area contributed by atoms with Crippen molar-refractivity contribution in [2.75, 3.05) is 6.54 Å². The molecule has 1 fully saturated rings.